The lowest BCUT2D eigenvalue weighted by Crippen LogP contribution is -2.37. The van der Waals surface area contributed by atoms with Gasteiger partial charge in [0.25, 0.3) is 11.8 Å². The molecule has 7 nitrogen and oxygen atoms in total. The third-order valence-corrected chi connectivity index (χ3v) is 6.29. The highest BCUT2D eigenvalue weighted by Gasteiger charge is 2.42. The number of fused-ring (bicyclic) bond motifs is 1. The summed E-state index contributed by atoms with van der Waals surface area (Å²) in [5.41, 5.74) is 2.38. The number of thiophene rings is 1. The quantitative estimate of drug-likeness (QED) is 0.468. The van der Waals surface area contributed by atoms with E-state index in [4.69, 9.17) is 9.47 Å². The maximum absolute atomic E-state index is 13.0. The molecule has 0 bridgehead atoms. The minimum Gasteiger partial charge on any atom is -0.493 e. The molecule has 0 fully saturated rings. The molecule has 3 amide bonds. The van der Waals surface area contributed by atoms with Crippen molar-refractivity contribution in [3.8, 4) is 11.5 Å². The van der Waals surface area contributed by atoms with Crippen LogP contribution in [-0.4, -0.2) is 48.7 Å². The number of rotatable bonds is 8. The van der Waals surface area contributed by atoms with Gasteiger partial charge in [0.1, 0.15) is 6.61 Å². The Morgan fingerprint density at radius 1 is 1.00 bits per heavy atom. The SMILES string of the molecule is COc1cc(C(CC(=O)N(C)C)N2C(=O)c3cscc3C2=O)ccc1OCc1ccccc1. The average molecular weight is 465 g/mol. The highest BCUT2D eigenvalue weighted by molar-refractivity contribution is 7.08. The Bertz CT molecular complexity index is 1160. The second-order valence-electron chi connectivity index (χ2n) is 7.87. The molecule has 0 radical (unpaired) electrons. The zero-order valence-electron chi connectivity index (χ0n) is 18.6. The number of benzene rings is 2. The molecule has 0 saturated heterocycles. The van der Waals surface area contributed by atoms with Crippen LogP contribution in [0.15, 0.2) is 59.3 Å². The predicted octanol–water partition coefficient (Wildman–Crippen LogP) is 4.15. The topological polar surface area (TPSA) is 76.2 Å². The Hall–Kier alpha value is -3.65. The van der Waals surface area contributed by atoms with Gasteiger partial charge in [-0.25, -0.2) is 0 Å². The molecule has 0 spiro atoms. The molecule has 3 aromatic rings. The summed E-state index contributed by atoms with van der Waals surface area (Å²) in [5, 5.41) is 3.34. The van der Waals surface area contributed by atoms with Crippen LogP contribution in [0.25, 0.3) is 0 Å². The zero-order chi connectivity index (χ0) is 23.5. The summed E-state index contributed by atoms with van der Waals surface area (Å²) in [4.78, 5) is 41.3. The summed E-state index contributed by atoms with van der Waals surface area (Å²) in [6.07, 6.45) is -0.0362. The molecule has 1 atom stereocenters. The Labute approximate surface area is 196 Å². The monoisotopic (exact) mass is 464 g/mol. The molecule has 0 saturated carbocycles. The second kappa shape index (κ2) is 9.46. The van der Waals surface area contributed by atoms with Crippen molar-refractivity contribution in [3.05, 3.63) is 81.5 Å². The lowest BCUT2D eigenvalue weighted by molar-refractivity contribution is -0.129. The predicted molar refractivity (Wildman–Crippen MR) is 125 cm³/mol. The number of ether oxygens (including phenoxy) is 2. The van der Waals surface area contributed by atoms with Gasteiger partial charge in [0.2, 0.25) is 5.91 Å². The average Bonchev–Trinajstić information content (AvgIpc) is 3.40. The van der Waals surface area contributed by atoms with Gasteiger partial charge in [0.05, 0.1) is 30.7 Å². The normalized spacial score (nSPS) is 13.6. The molecule has 4 rings (SSSR count). The third-order valence-electron chi connectivity index (χ3n) is 5.55. The van der Waals surface area contributed by atoms with Crippen molar-refractivity contribution in [1.29, 1.82) is 0 Å². The number of methoxy groups -OCH3 is 1. The molecule has 2 heterocycles. The summed E-state index contributed by atoms with van der Waals surface area (Å²) in [6, 6.07) is 14.2. The van der Waals surface area contributed by atoms with E-state index in [1.165, 1.54) is 28.2 Å². The van der Waals surface area contributed by atoms with Crippen molar-refractivity contribution in [2.24, 2.45) is 0 Å². The van der Waals surface area contributed by atoms with Crippen molar-refractivity contribution in [3.63, 3.8) is 0 Å². The lowest BCUT2D eigenvalue weighted by atomic mass is 10.0. The Balaban J connectivity index is 1.65. The molecule has 1 aliphatic heterocycles. The van der Waals surface area contributed by atoms with Crippen molar-refractivity contribution in [1.82, 2.24) is 9.80 Å². The fourth-order valence-corrected chi connectivity index (χ4v) is 4.51. The van der Waals surface area contributed by atoms with E-state index < -0.39 is 17.9 Å². The smallest absolute Gasteiger partial charge is 0.262 e. The number of hydrogen-bond donors (Lipinski definition) is 0. The molecule has 170 valence electrons. The summed E-state index contributed by atoms with van der Waals surface area (Å²) < 4.78 is 11.5. The van der Waals surface area contributed by atoms with Gasteiger partial charge >= 0.3 is 0 Å². The Morgan fingerprint density at radius 2 is 1.67 bits per heavy atom. The largest absolute Gasteiger partial charge is 0.493 e. The van der Waals surface area contributed by atoms with E-state index in [1.807, 2.05) is 30.3 Å². The van der Waals surface area contributed by atoms with Gasteiger partial charge in [-0.2, -0.15) is 11.3 Å². The maximum Gasteiger partial charge on any atom is 0.262 e. The summed E-state index contributed by atoms with van der Waals surface area (Å²) in [7, 11) is 4.81. The van der Waals surface area contributed by atoms with E-state index in [-0.39, 0.29) is 12.3 Å². The molecule has 1 unspecified atom stereocenters. The third kappa shape index (κ3) is 4.47. The lowest BCUT2D eigenvalue weighted by Gasteiger charge is -2.28. The van der Waals surface area contributed by atoms with Crippen LogP contribution in [0.5, 0.6) is 11.5 Å². The summed E-state index contributed by atoms with van der Waals surface area (Å²) >= 11 is 1.31. The number of imide groups is 1. The van der Waals surface area contributed by atoms with Crippen LogP contribution in [0, 0.1) is 0 Å². The van der Waals surface area contributed by atoms with Crippen LogP contribution < -0.4 is 9.47 Å². The van der Waals surface area contributed by atoms with Crippen molar-refractivity contribution in [2.45, 2.75) is 19.1 Å². The number of hydrogen-bond acceptors (Lipinski definition) is 6. The van der Waals surface area contributed by atoms with Crippen LogP contribution in [0.2, 0.25) is 0 Å². The number of amides is 3. The van der Waals surface area contributed by atoms with Gasteiger partial charge in [-0.1, -0.05) is 36.4 Å². The summed E-state index contributed by atoms with van der Waals surface area (Å²) in [6.45, 7) is 0.363. The molecule has 33 heavy (non-hydrogen) atoms. The molecule has 1 aromatic heterocycles. The highest BCUT2D eigenvalue weighted by Crippen LogP contribution is 2.38. The van der Waals surface area contributed by atoms with Gasteiger partial charge < -0.3 is 14.4 Å². The summed E-state index contributed by atoms with van der Waals surface area (Å²) in [5.74, 6) is 0.00489. The molecule has 8 heteroatoms. The number of carbonyl (C=O) groups is 3. The molecule has 0 N–H and O–H groups in total. The Morgan fingerprint density at radius 3 is 2.27 bits per heavy atom. The first-order valence-electron chi connectivity index (χ1n) is 10.4. The minimum atomic E-state index is -0.769. The molecule has 1 aliphatic rings. The Kier molecular flexibility index (Phi) is 6.46. The number of carbonyl (C=O) groups excluding carboxylic acids is 3. The van der Waals surface area contributed by atoms with Crippen molar-refractivity contribution < 1.29 is 23.9 Å². The zero-order valence-corrected chi connectivity index (χ0v) is 19.4. The van der Waals surface area contributed by atoms with Gasteiger partial charge in [-0.3, -0.25) is 19.3 Å². The first-order valence-corrected chi connectivity index (χ1v) is 11.3. The highest BCUT2D eigenvalue weighted by atomic mass is 32.1. The van der Waals surface area contributed by atoms with Crippen LogP contribution in [0.4, 0.5) is 0 Å². The number of nitrogens with zero attached hydrogens (tertiary/aromatic N) is 2. The van der Waals surface area contributed by atoms with E-state index >= 15 is 0 Å². The van der Waals surface area contributed by atoms with Crippen molar-refractivity contribution in [2.75, 3.05) is 21.2 Å². The van der Waals surface area contributed by atoms with E-state index in [0.717, 1.165) is 5.56 Å². The van der Waals surface area contributed by atoms with E-state index in [2.05, 4.69) is 0 Å². The molecule has 0 aliphatic carbocycles. The fourth-order valence-electron chi connectivity index (χ4n) is 3.72. The standard InChI is InChI=1S/C25H24N2O5S/c1-26(2)23(28)12-20(27-24(29)18-14-33-15-19(18)25(27)30)17-9-10-21(22(11-17)31-3)32-13-16-7-5-4-6-8-16/h4-11,14-15,20H,12-13H2,1-3H3. The first kappa shape index (κ1) is 22.5. The van der Waals surface area contributed by atoms with Crippen molar-refractivity contribution >= 4 is 29.1 Å². The molecule has 2 aromatic carbocycles. The van der Waals surface area contributed by atoms with Gasteiger partial charge in [0, 0.05) is 24.9 Å². The van der Waals surface area contributed by atoms with Crippen LogP contribution in [0.1, 0.15) is 44.3 Å². The first-order chi connectivity index (χ1) is 15.9. The second-order valence-corrected chi connectivity index (χ2v) is 8.62. The minimum absolute atomic E-state index is 0.0362. The van der Waals surface area contributed by atoms with Gasteiger partial charge in [-0.15, -0.1) is 0 Å². The fraction of sp³-hybridized carbons (Fsp3) is 0.240. The van der Waals surface area contributed by atoms with E-state index in [1.54, 1.807) is 43.1 Å². The van der Waals surface area contributed by atoms with E-state index in [0.29, 0.717) is 34.8 Å². The molecular formula is C25H24N2O5S. The van der Waals surface area contributed by atoms with Crippen LogP contribution in [0.3, 0.4) is 0 Å². The molecular weight excluding hydrogens is 440 g/mol. The van der Waals surface area contributed by atoms with Gasteiger partial charge in [-0.05, 0) is 23.3 Å². The van der Waals surface area contributed by atoms with Gasteiger partial charge in [0.15, 0.2) is 11.5 Å². The maximum atomic E-state index is 13.0. The van der Waals surface area contributed by atoms with E-state index in [9.17, 15) is 14.4 Å². The van der Waals surface area contributed by atoms with Crippen LogP contribution in [-0.2, 0) is 11.4 Å². The van der Waals surface area contributed by atoms with Crippen LogP contribution >= 0.6 is 11.3 Å².